The normalized spacial score (nSPS) is 15.8. The number of nitrogens with zero attached hydrogens (tertiary/aromatic N) is 1. The minimum Gasteiger partial charge on any atom is -0.466 e. The second-order valence-corrected chi connectivity index (χ2v) is 3.38. The SMILES string of the molecule is CCC1Cc2cc(F)ccc2N1.[B-]C#N.[Na+]. The van der Waals surface area contributed by atoms with Gasteiger partial charge in [0.05, 0.1) is 0 Å². The van der Waals surface area contributed by atoms with Gasteiger partial charge >= 0.3 is 29.6 Å². The summed E-state index contributed by atoms with van der Waals surface area (Å²) < 4.78 is 12.8. The maximum Gasteiger partial charge on any atom is 1.00 e. The van der Waals surface area contributed by atoms with E-state index in [1.165, 1.54) is 12.0 Å². The summed E-state index contributed by atoms with van der Waals surface area (Å²) >= 11 is 0. The van der Waals surface area contributed by atoms with Gasteiger partial charge < -0.3 is 13.2 Å². The van der Waals surface area contributed by atoms with Crippen LogP contribution in [0.25, 0.3) is 0 Å². The van der Waals surface area contributed by atoms with Crippen molar-refractivity contribution in [3.8, 4) is 5.97 Å². The van der Waals surface area contributed by atoms with Gasteiger partial charge in [0.1, 0.15) is 5.82 Å². The predicted molar refractivity (Wildman–Crippen MR) is 59.2 cm³/mol. The van der Waals surface area contributed by atoms with E-state index < -0.39 is 0 Å². The molecule has 2 nitrogen and oxygen atoms in total. The topological polar surface area (TPSA) is 35.8 Å². The molecule has 1 heterocycles. The number of hydrogen-bond donors (Lipinski definition) is 1. The number of nitriles is 1. The van der Waals surface area contributed by atoms with Crippen LogP contribution >= 0.6 is 0 Å². The maximum atomic E-state index is 12.8. The molecule has 0 aliphatic carbocycles. The Kier molecular flexibility index (Phi) is 7.49. The Balaban J connectivity index is 0.000000511. The molecular formula is C11H12BFN2Na. The first-order valence-electron chi connectivity index (χ1n) is 4.86. The summed E-state index contributed by atoms with van der Waals surface area (Å²) in [5.41, 5.74) is 2.21. The molecule has 1 aliphatic rings. The zero-order valence-electron chi connectivity index (χ0n) is 9.63. The van der Waals surface area contributed by atoms with E-state index in [4.69, 9.17) is 5.26 Å². The average Bonchev–Trinajstić information content (AvgIpc) is 2.61. The molecule has 1 aliphatic heterocycles. The van der Waals surface area contributed by atoms with Crippen molar-refractivity contribution < 1.29 is 33.9 Å². The molecule has 1 aromatic rings. The van der Waals surface area contributed by atoms with E-state index in [1.807, 2.05) is 6.07 Å². The molecule has 0 fully saturated rings. The monoisotopic (exact) mass is 225 g/mol. The minimum absolute atomic E-state index is 0. The van der Waals surface area contributed by atoms with Gasteiger partial charge in [-0.2, -0.15) is 0 Å². The van der Waals surface area contributed by atoms with Crippen LogP contribution in [-0.4, -0.2) is 13.9 Å². The van der Waals surface area contributed by atoms with Crippen LogP contribution in [0.3, 0.4) is 0 Å². The van der Waals surface area contributed by atoms with Gasteiger partial charge in [-0.05, 0) is 36.6 Å². The summed E-state index contributed by atoms with van der Waals surface area (Å²) in [6.07, 6.45) is 2.06. The van der Waals surface area contributed by atoms with E-state index in [-0.39, 0.29) is 35.4 Å². The van der Waals surface area contributed by atoms with Crippen LogP contribution in [-0.2, 0) is 6.42 Å². The molecule has 77 valence electrons. The van der Waals surface area contributed by atoms with Crippen molar-refractivity contribution in [3.05, 3.63) is 29.6 Å². The smallest absolute Gasteiger partial charge is 0.466 e. The van der Waals surface area contributed by atoms with Crippen LogP contribution < -0.4 is 34.9 Å². The van der Waals surface area contributed by atoms with E-state index in [9.17, 15) is 4.39 Å². The van der Waals surface area contributed by atoms with Gasteiger partial charge in [-0.15, -0.1) is 0 Å². The minimum atomic E-state index is -0.132. The molecule has 5 heteroatoms. The fraction of sp³-hybridized carbons (Fsp3) is 0.364. The first-order chi connectivity index (χ1) is 7.21. The summed E-state index contributed by atoms with van der Waals surface area (Å²) in [5, 5.41) is 10.4. The van der Waals surface area contributed by atoms with Crippen LogP contribution in [0.4, 0.5) is 10.1 Å². The third kappa shape index (κ3) is 4.17. The van der Waals surface area contributed by atoms with Gasteiger partial charge in [-0.3, -0.25) is 11.2 Å². The quantitative estimate of drug-likeness (QED) is 0.636. The van der Waals surface area contributed by atoms with Crippen molar-refractivity contribution in [2.75, 3.05) is 5.32 Å². The number of nitrogens with one attached hydrogen (secondary N) is 1. The molecular weight excluding hydrogens is 213 g/mol. The first kappa shape index (κ1) is 15.5. The van der Waals surface area contributed by atoms with E-state index >= 15 is 0 Å². The third-order valence-corrected chi connectivity index (χ3v) is 2.39. The summed E-state index contributed by atoms with van der Waals surface area (Å²) in [6.45, 7) is 2.14. The van der Waals surface area contributed by atoms with Crippen molar-refractivity contribution in [1.29, 1.82) is 5.26 Å². The Morgan fingerprint density at radius 2 is 2.25 bits per heavy atom. The Morgan fingerprint density at radius 1 is 1.62 bits per heavy atom. The van der Waals surface area contributed by atoms with Gasteiger partial charge in [0.25, 0.3) is 0 Å². The van der Waals surface area contributed by atoms with Gasteiger partial charge in [-0.1, -0.05) is 6.92 Å². The summed E-state index contributed by atoms with van der Waals surface area (Å²) in [6, 6.07) is 5.45. The number of anilines is 1. The van der Waals surface area contributed by atoms with E-state index in [0.717, 1.165) is 24.1 Å². The zero-order chi connectivity index (χ0) is 11.3. The molecule has 1 aromatic carbocycles. The van der Waals surface area contributed by atoms with Gasteiger partial charge in [0, 0.05) is 11.7 Å². The van der Waals surface area contributed by atoms with Crippen molar-refractivity contribution in [1.82, 2.24) is 0 Å². The van der Waals surface area contributed by atoms with Gasteiger partial charge in [-0.25, -0.2) is 4.39 Å². The molecule has 1 atom stereocenters. The summed E-state index contributed by atoms with van der Waals surface area (Å²) in [4.78, 5) is 0. The third-order valence-electron chi connectivity index (χ3n) is 2.39. The van der Waals surface area contributed by atoms with Crippen LogP contribution in [0.15, 0.2) is 18.2 Å². The van der Waals surface area contributed by atoms with Crippen LogP contribution in [0.1, 0.15) is 18.9 Å². The molecule has 0 aromatic heterocycles. The molecule has 1 N–H and O–H groups in total. The molecule has 16 heavy (non-hydrogen) atoms. The Morgan fingerprint density at radius 3 is 2.81 bits per heavy atom. The molecule has 2 rings (SSSR count). The van der Waals surface area contributed by atoms with E-state index in [1.54, 1.807) is 6.07 Å². The number of fused-ring (bicyclic) bond motifs is 1. The first-order valence-corrected chi connectivity index (χ1v) is 4.86. The molecule has 0 spiro atoms. The molecule has 0 bridgehead atoms. The van der Waals surface area contributed by atoms with E-state index in [2.05, 4.69) is 20.1 Å². The molecule has 0 saturated heterocycles. The van der Waals surface area contributed by atoms with Gasteiger partial charge in [0.15, 0.2) is 0 Å². The second kappa shape index (κ2) is 7.73. The Labute approximate surface area is 119 Å². The van der Waals surface area contributed by atoms with Crippen LogP contribution in [0.2, 0.25) is 0 Å². The zero-order valence-corrected chi connectivity index (χ0v) is 11.6. The number of benzene rings is 1. The average molecular weight is 225 g/mol. The fourth-order valence-electron chi connectivity index (χ4n) is 1.65. The van der Waals surface area contributed by atoms with Gasteiger partial charge in [0.2, 0.25) is 0 Å². The summed E-state index contributed by atoms with van der Waals surface area (Å²) in [5.74, 6) is 1.12. The molecule has 0 saturated carbocycles. The predicted octanol–water partition coefficient (Wildman–Crippen LogP) is -0.788. The van der Waals surface area contributed by atoms with Crippen molar-refractivity contribution in [3.63, 3.8) is 0 Å². The number of halogens is 1. The maximum absolute atomic E-state index is 12.8. The largest absolute Gasteiger partial charge is 1.00 e. The summed E-state index contributed by atoms with van der Waals surface area (Å²) in [7, 11) is 4.15. The fourth-order valence-corrected chi connectivity index (χ4v) is 1.65. The van der Waals surface area contributed by atoms with Crippen molar-refractivity contribution >= 4 is 13.5 Å². The standard InChI is InChI=1S/C10H12FN.CBN.Na/c1-2-9-6-7-5-8(11)3-4-10(7)12-9;2-1-3;/h3-5,9,12H,2,6H2,1H3;;/q;-1;+1. The van der Waals surface area contributed by atoms with Crippen LogP contribution in [0, 0.1) is 17.0 Å². The van der Waals surface area contributed by atoms with Crippen LogP contribution in [0.5, 0.6) is 0 Å². The van der Waals surface area contributed by atoms with Crippen molar-refractivity contribution in [2.24, 2.45) is 0 Å². The van der Waals surface area contributed by atoms with E-state index in [0.29, 0.717) is 6.04 Å². The molecule has 3 radical (unpaired) electrons. The molecule has 0 amide bonds. The number of hydrogen-bond acceptors (Lipinski definition) is 2. The second-order valence-electron chi connectivity index (χ2n) is 3.38. The number of rotatable bonds is 1. The Hall–Kier alpha value is -0.495. The Bertz CT molecular complexity index is 379. The molecule has 1 unspecified atom stereocenters. The van der Waals surface area contributed by atoms with Crippen molar-refractivity contribution in [2.45, 2.75) is 25.8 Å².